The van der Waals surface area contributed by atoms with Crippen molar-refractivity contribution in [3.05, 3.63) is 100 Å². The average Bonchev–Trinajstić information content (AvgIpc) is 3.16. The molecule has 0 unspecified atom stereocenters. The van der Waals surface area contributed by atoms with Gasteiger partial charge in [-0.25, -0.2) is 9.36 Å². The summed E-state index contributed by atoms with van der Waals surface area (Å²) in [6.45, 7) is 3.98. The number of benzene rings is 2. The maximum absolute atomic E-state index is 13.5. The molecule has 0 spiro atoms. The van der Waals surface area contributed by atoms with Gasteiger partial charge in [0.25, 0.3) is 5.91 Å². The maximum atomic E-state index is 13.5. The molecular formula is C28H26F3N5O3S. The molecule has 1 N–H and O–H groups in total. The number of aromatic nitrogens is 3. The summed E-state index contributed by atoms with van der Waals surface area (Å²) in [5.41, 5.74) is -2.52. The van der Waals surface area contributed by atoms with Gasteiger partial charge in [0.2, 0.25) is 5.88 Å². The third-order valence-electron chi connectivity index (χ3n) is 6.85. The Hall–Kier alpha value is -4.19. The lowest BCUT2D eigenvalue weighted by Gasteiger charge is -2.36. The van der Waals surface area contributed by atoms with Crippen molar-refractivity contribution in [3.63, 3.8) is 0 Å². The third kappa shape index (κ3) is 5.71. The molecule has 0 aliphatic carbocycles. The van der Waals surface area contributed by atoms with Crippen LogP contribution in [0.1, 0.15) is 21.6 Å². The van der Waals surface area contributed by atoms with E-state index in [1.165, 1.54) is 41.2 Å². The molecule has 8 nitrogen and oxygen atoms in total. The number of hydrogen-bond donors (Lipinski definition) is 1. The van der Waals surface area contributed by atoms with Crippen molar-refractivity contribution in [2.75, 3.05) is 31.1 Å². The molecule has 1 fully saturated rings. The van der Waals surface area contributed by atoms with Crippen LogP contribution in [0.3, 0.4) is 0 Å². The molecular weight excluding hydrogens is 543 g/mol. The molecule has 0 atom stereocenters. The number of alkyl halides is 3. The summed E-state index contributed by atoms with van der Waals surface area (Å²) in [7, 11) is 0. The van der Waals surface area contributed by atoms with Crippen molar-refractivity contribution in [2.45, 2.75) is 23.9 Å². The number of pyridine rings is 1. The molecule has 1 aliphatic heterocycles. The Balaban J connectivity index is 1.36. The SMILES string of the molecule is Cc1c(O)n(-c2ccc(SC(F)(F)F)cc2)c(=O)n1Cc1ccncc1C(=O)N1CCN(c2ccccc2)CC1. The number of piperazine rings is 1. The summed E-state index contributed by atoms with van der Waals surface area (Å²) < 4.78 is 40.4. The lowest BCUT2D eigenvalue weighted by atomic mass is 10.1. The van der Waals surface area contributed by atoms with E-state index in [2.05, 4.69) is 9.88 Å². The van der Waals surface area contributed by atoms with Crippen LogP contribution in [-0.2, 0) is 6.54 Å². The van der Waals surface area contributed by atoms with Crippen LogP contribution in [0.15, 0.2) is 82.7 Å². The molecule has 3 heterocycles. The molecule has 12 heteroatoms. The van der Waals surface area contributed by atoms with Crippen LogP contribution in [0.4, 0.5) is 18.9 Å². The van der Waals surface area contributed by atoms with Gasteiger partial charge in [0.05, 0.1) is 23.5 Å². The van der Waals surface area contributed by atoms with Gasteiger partial charge >= 0.3 is 11.2 Å². The van der Waals surface area contributed by atoms with E-state index in [4.69, 9.17) is 0 Å². The van der Waals surface area contributed by atoms with E-state index in [9.17, 15) is 27.9 Å². The van der Waals surface area contributed by atoms with Crippen molar-refractivity contribution < 1.29 is 23.1 Å². The van der Waals surface area contributed by atoms with Crippen LogP contribution in [-0.4, -0.2) is 61.7 Å². The minimum absolute atomic E-state index is 0.000803. The van der Waals surface area contributed by atoms with Crippen LogP contribution in [0.25, 0.3) is 5.69 Å². The van der Waals surface area contributed by atoms with Gasteiger partial charge in [0, 0.05) is 49.2 Å². The Kier molecular flexibility index (Phi) is 7.61. The van der Waals surface area contributed by atoms with Crippen LogP contribution >= 0.6 is 11.8 Å². The fourth-order valence-electron chi connectivity index (χ4n) is 4.75. The first kappa shape index (κ1) is 27.4. The molecule has 5 rings (SSSR count). The highest BCUT2D eigenvalue weighted by atomic mass is 32.2. The van der Waals surface area contributed by atoms with Crippen molar-refractivity contribution in [1.82, 2.24) is 19.0 Å². The second kappa shape index (κ2) is 11.1. The molecule has 0 radical (unpaired) electrons. The van der Waals surface area contributed by atoms with Crippen molar-refractivity contribution in [2.24, 2.45) is 0 Å². The number of carbonyl (C=O) groups is 1. The summed E-state index contributed by atoms with van der Waals surface area (Å²) >= 11 is -0.262. The van der Waals surface area contributed by atoms with E-state index in [1.54, 1.807) is 17.9 Å². The van der Waals surface area contributed by atoms with Crippen LogP contribution in [0.2, 0.25) is 0 Å². The first-order valence-corrected chi connectivity index (χ1v) is 13.3. The first-order chi connectivity index (χ1) is 19.1. The van der Waals surface area contributed by atoms with E-state index < -0.39 is 11.2 Å². The summed E-state index contributed by atoms with van der Waals surface area (Å²) in [5.74, 6) is -0.525. The summed E-state index contributed by atoms with van der Waals surface area (Å²) in [5, 5.41) is 10.8. The third-order valence-corrected chi connectivity index (χ3v) is 7.59. The molecule has 1 saturated heterocycles. The predicted octanol–water partition coefficient (Wildman–Crippen LogP) is 4.67. The summed E-state index contributed by atoms with van der Waals surface area (Å²) in [6, 6.07) is 16.8. The predicted molar refractivity (Wildman–Crippen MR) is 146 cm³/mol. The lowest BCUT2D eigenvalue weighted by molar-refractivity contribution is -0.0328. The Bertz CT molecular complexity index is 1560. The molecule has 0 bridgehead atoms. The Morgan fingerprint density at radius 1 is 0.975 bits per heavy atom. The quantitative estimate of drug-likeness (QED) is 0.340. The maximum Gasteiger partial charge on any atom is 0.446 e. The largest absolute Gasteiger partial charge is 0.493 e. The molecule has 40 heavy (non-hydrogen) atoms. The zero-order valence-corrected chi connectivity index (χ0v) is 22.3. The Morgan fingerprint density at radius 3 is 2.30 bits per heavy atom. The van der Waals surface area contributed by atoms with Crippen LogP contribution in [0, 0.1) is 6.92 Å². The number of halogens is 3. The number of para-hydroxylation sites is 1. The zero-order valence-electron chi connectivity index (χ0n) is 21.5. The number of hydrogen-bond acceptors (Lipinski definition) is 6. The number of nitrogens with zero attached hydrogens (tertiary/aromatic N) is 5. The van der Waals surface area contributed by atoms with E-state index in [-0.39, 0.29) is 46.4 Å². The average molecular weight is 570 g/mol. The number of imidazole rings is 1. The summed E-state index contributed by atoms with van der Waals surface area (Å²) in [4.78, 5) is 34.9. The van der Waals surface area contributed by atoms with Gasteiger partial charge in [-0.15, -0.1) is 0 Å². The van der Waals surface area contributed by atoms with Crippen molar-refractivity contribution in [3.8, 4) is 11.6 Å². The number of rotatable bonds is 6. The normalized spacial score (nSPS) is 14.0. The van der Waals surface area contributed by atoms with Crippen molar-refractivity contribution >= 4 is 23.4 Å². The van der Waals surface area contributed by atoms with Crippen LogP contribution in [0.5, 0.6) is 5.88 Å². The second-order valence-electron chi connectivity index (χ2n) is 9.30. The van der Waals surface area contributed by atoms with Crippen molar-refractivity contribution in [1.29, 1.82) is 0 Å². The van der Waals surface area contributed by atoms with Crippen LogP contribution < -0.4 is 10.6 Å². The standard InChI is InChI=1S/C28H26F3N5O3S/c1-19-25(37)36(22-7-9-23(10-8-22)40-28(29,30)31)27(39)35(19)18-20-11-12-32-17-24(20)26(38)34-15-13-33(14-16-34)21-5-3-2-4-6-21/h2-12,17,37H,13-16,18H2,1H3. The van der Waals surface area contributed by atoms with E-state index >= 15 is 0 Å². The molecule has 1 aliphatic rings. The Morgan fingerprint density at radius 2 is 1.65 bits per heavy atom. The van der Waals surface area contributed by atoms with Gasteiger partial charge < -0.3 is 14.9 Å². The lowest BCUT2D eigenvalue weighted by Crippen LogP contribution is -2.49. The molecule has 1 amide bonds. The molecule has 208 valence electrons. The minimum atomic E-state index is -4.43. The number of thioether (sulfide) groups is 1. The van der Waals surface area contributed by atoms with Gasteiger partial charge in [0.1, 0.15) is 0 Å². The Labute approximate surface area is 232 Å². The monoisotopic (exact) mass is 569 g/mol. The highest BCUT2D eigenvalue weighted by Crippen LogP contribution is 2.37. The zero-order chi connectivity index (χ0) is 28.4. The minimum Gasteiger partial charge on any atom is -0.493 e. The topological polar surface area (TPSA) is 83.6 Å². The molecule has 2 aromatic heterocycles. The highest BCUT2D eigenvalue weighted by molar-refractivity contribution is 8.00. The number of amides is 1. The van der Waals surface area contributed by atoms with E-state index in [1.807, 2.05) is 30.3 Å². The van der Waals surface area contributed by atoms with Gasteiger partial charge in [0.15, 0.2) is 0 Å². The first-order valence-electron chi connectivity index (χ1n) is 12.5. The molecule has 4 aromatic rings. The molecule has 2 aromatic carbocycles. The van der Waals surface area contributed by atoms with Gasteiger partial charge in [-0.3, -0.25) is 14.3 Å². The summed E-state index contributed by atoms with van der Waals surface area (Å²) in [6.07, 6.45) is 3.02. The number of aromatic hydroxyl groups is 1. The molecule has 0 saturated carbocycles. The fraction of sp³-hybridized carbons (Fsp3) is 0.250. The number of carbonyl (C=O) groups excluding carboxylic acids is 1. The second-order valence-corrected chi connectivity index (χ2v) is 10.4. The fourth-order valence-corrected chi connectivity index (χ4v) is 5.29. The smallest absolute Gasteiger partial charge is 0.446 e. The van der Waals surface area contributed by atoms with Gasteiger partial charge in [-0.2, -0.15) is 13.2 Å². The number of anilines is 1. The van der Waals surface area contributed by atoms with Gasteiger partial charge in [-0.05, 0) is 66.7 Å². The van der Waals surface area contributed by atoms with E-state index in [0.29, 0.717) is 37.3 Å². The highest BCUT2D eigenvalue weighted by Gasteiger charge is 2.29. The van der Waals surface area contributed by atoms with E-state index in [0.717, 1.165) is 10.3 Å². The van der Waals surface area contributed by atoms with Gasteiger partial charge in [-0.1, -0.05) is 18.2 Å².